The molecule has 1 aliphatic heterocycles. The number of nitrogens with zero attached hydrogens (tertiary/aromatic N) is 4. The van der Waals surface area contributed by atoms with Crippen LogP contribution in [0.25, 0.3) is 11.3 Å². The second kappa shape index (κ2) is 8.95. The summed E-state index contributed by atoms with van der Waals surface area (Å²) in [5.41, 5.74) is 3.17. The molecule has 0 saturated carbocycles. The normalized spacial score (nSPS) is 17.1. The summed E-state index contributed by atoms with van der Waals surface area (Å²) in [6, 6.07) is 15.6. The summed E-state index contributed by atoms with van der Waals surface area (Å²) < 4.78 is 20.8. The fourth-order valence-corrected chi connectivity index (χ4v) is 3.92. The Morgan fingerprint density at radius 3 is 2.69 bits per heavy atom. The van der Waals surface area contributed by atoms with Crippen LogP contribution in [0.15, 0.2) is 64.0 Å². The standard InChI is InChI=1S/C22H19FN4OS/c23-19-9-7-18(8-10-19)21-15-29-22(25-14-20-2-1-11-28-20)27(21)26-13-17-5-3-16(12-24)4-6-17/h3-10,13,15,20H,1-2,11,14H2/b25-22?,26-13-/t20-/m0/s1. The highest BCUT2D eigenvalue weighted by Gasteiger charge is 2.15. The van der Waals surface area contributed by atoms with Crippen molar-refractivity contribution in [3.05, 3.63) is 75.7 Å². The van der Waals surface area contributed by atoms with Gasteiger partial charge in [0.15, 0.2) is 0 Å². The molecule has 7 heteroatoms. The molecular weight excluding hydrogens is 387 g/mol. The average Bonchev–Trinajstić information content (AvgIpc) is 3.41. The number of hydrogen-bond donors (Lipinski definition) is 0. The van der Waals surface area contributed by atoms with E-state index in [2.05, 4.69) is 11.2 Å². The number of nitriles is 1. The topological polar surface area (TPSA) is 62.7 Å². The summed E-state index contributed by atoms with van der Waals surface area (Å²) in [6.45, 7) is 1.39. The van der Waals surface area contributed by atoms with Crippen molar-refractivity contribution in [3.8, 4) is 17.3 Å². The maximum absolute atomic E-state index is 13.3. The largest absolute Gasteiger partial charge is 0.376 e. The third-order valence-corrected chi connectivity index (χ3v) is 5.50. The first kappa shape index (κ1) is 19.2. The molecule has 0 unspecified atom stereocenters. The lowest BCUT2D eigenvalue weighted by Crippen LogP contribution is -2.17. The van der Waals surface area contributed by atoms with Crippen LogP contribution in [0.4, 0.5) is 4.39 Å². The molecule has 5 nitrogen and oxygen atoms in total. The van der Waals surface area contributed by atoms with E-state index in [1.165, 1.54) is 23.5 Å². The van der Waals surface area contributed by atoms with Crippen LogP contribution in [0.3, 0.4) is 0 Å². The maximum atomic E-state index is 13.3. The van der Waals surface area contributed by atoms with E-state index in [1.54, 1.807) is 35.2 Å². The van der Waals surface area contributed by atoms with Crippen LogP contribution >= 0.6 is 11.3 Å². The van der Waals surface area contributed by atoms with E-state index in [1.807, 2.05) is 17.5 Å². The van der Waals surface area contributed by atoms with Crippen molar-refractivity contribution in [2.75, 3.05) is 13.2 Å². The van der Waals surface area contributed by atoms with E-state index >= 15 is 0 Å². The quantitative estimate of drug-likeness (QED) is 0.597. The predicted octanol–water partition coefficient (Wildman–Crippen LogP) is 4.19. The summed E-state index contributed by atoms with van der Waals surface area (Å²) in [5.74, 6) is -0.278. The Hall–Kier alpha value is -3.08. The molecule has 0 spiro atoms. The average molecular weight is 406 g/mol. The Bertz CT molecular complexity index is 1100. The highest BCUT2D eigenvalue weighted by molar-refractivity contribution is 7.07. The lowest BCUT2D eigenvalue weighted by atomic mass is 10.2. The molecule has 1 aromatic heterocycles. The van der Waals surface area contributed by atoms with Gasteiger partial charge in [0.25, 0.3) is 0 Å². The van der Waals surface area contributed by atoms with E-state index < -0.39 is 0 Å². The molecule has 0 radical (unpaired) electrons. The number of benzene rings is 2. The molecular formula is C22H19FN4OS. The van der Waals surface area contributed by atoms with Crippen molar-refractivity contribution in [1.82, 2.24) is 4.68 Å². The molecule has 1 fully saturated rings. The van der Waals surface area contributed by atoms with E-state index in [9.17, 15) is 4.39 Å². The monoisotopic (exact) mass is 406 g/mol. The van der Waals surface area contributed by atoms with Crippen LogP contribution in [0, 0.1) is 17.1 Å². The van der Waals surface area contributed by atoms with Gasteiger partial charge in [-0.25, -0.2) is 9.07 Å². The Labute approximate surface area is 172 Å². The lowest BCUT2D eigenvalue weighted by molar-refractivity contribution is 0.117. The van der Waals surface area contributed by atoms with Crippen LogP contribution in [-0.2, 0) is 4.74 Å². The summed E-state index contributed by atoms with van der Waals surface area (Å²) in [5, 5.41) is 15.5. The van der Waals surface area contributed by atoms with Crippen molar-refractivity contribution in [3.63, 3.8) is 0 Å². The Morgan fingerprint density at radius 2 is 2.00 bits per heavy atom. The van der Waals surface area contributed by atoms with Gasteiger partial charge < -0.3 is 4.74 Å². The number of ether oxygens (including phenoxy) is 1. The van der Waals surface area contributed by atoms with E-state index in [-0.39, 0.29) is 11.9 Å². The summed E-state index contributed by atoms with van der Waals surface area (Å²) in [6.07, 6.45) is 3.98. The van der Waals surface area contributed by atoms with Gasteiger partial charge in [-0.15, -0.1) is 11.3 Å². The first-order valence-corrected chi connectivity index (χ1v) is 10.2. The first-order valence-electron chi connectivity index (χ1n) is 9.36. The summed E-state index contributed by atoms with van der Waals surface area (Å²) >= 11 is 1.49. The zero-order chi connectivity index (χ0) is 20.1. The highest BCUT2D eigenvalue weighted by atomic mass is 32.1. The third-order valence-electron chi connectivity index (χ3n) is 4.64. The second-order valence-electron chi connectivity index (χ2n) is 6.68. The van der Waals surface area contributed by atoms with E-state index in [0.29, 0.717) is 12.1 Å². The lowest BCUT2D eigenvalue weighted by Gasteiger charge is -2.06. The van der Waals surface area contributed by atoms with Gasteiger partial charge in [-0.2, -0.15) is 10.4 Å². The molecule has 0 amide bonds. The number of halogens is 1. The maximum Gasteiger partial charge on any atom is 0.206 e. The fraction of sp³-hybridized carbons (Fsp3) is 0.227. The molecule has 1 atom stereocenters. The highest BCUT2D eigenvalue weighted by Crippen LogP contribution is 2.21. The van der Waals surface area contributed by atoms with Crippen molar-refractivity contribution < 1.29 is 9.13 Å². The fourth-order valence-electron chi connectivity index (χ4n) is 3.07. The number of hydrogen-bond acceptors (Lipinski definition) is 5. The zero-order valence-corrected chi connectivity index (χ0v) is 16.5. The van der Waals surface area contributed by atoms with Gasteiger partial charge in [-0.3, -0.25) is 4.99 Å². The van der Waals surface area contributed by atoms with Crippen LogP contribution in [-0.4, -0.2) is 30.1 Å². The van der Waals surface area contributed by atoms with E-state index in [4.69, 9.17) is 15.0 Å². The smallest absolute Gasteiger partial charge is 0.206 e. The predicted molar refractivity (Wildman–Crippen MR) is 111 cm³/mol. The molecule has 29 heavy (non-hydrogen) atoms. The number of thiazole rings is 1. The Kier molecular flexibility index (Phi) is 5.94. The minimum atomic E-state index is -0.278. The van der Waals surface area contributed by atoms with Crippen molar-refractivity contribution in [2.45, 2.75) is 18.9 Å². The molecule has 2 aromatic carbocycles. The second-order valence-corrected chi connectivity index (χ2v) is 7.51. The van der Waals surface area contributed by atoms with E-state index in [0.717, 1.165) is 41.1 Å². The SMILES string of the molecule is N#Cc1ccc(/C=N\n2c(-c3ccc(F)cc3)csc2=NC[C@@H]2CCCO2)cc1. The molecule has 3 aromatic rings. The Morgan fingerprint density at radius 1 is 1.21 bits per heavy atom. The minimum Gasteiger partial charge on any atom is -0.376 e. The van der Waals surface area contributed by atoms with Gasteiger partial charge in [0.05, 0.1) is 36.2 Å². The molecule has 0 N–H and O–H groups in total. The van der Waals surface area contributed by atoms with Gasteiger partial charge in [0.1, 0.15) is 5.82 Å². The molecule has 1 aliphatic rings. The van der Waals surface area contributed by atoms with Gasteiger partial charge in [0, 0.05) is 17.6 Å². The van der Waals surface area contributed by atoms with Gasteiger partial charge in [-0.05, 0) is 54.8 Å². The van der Waals surface area contributed by atoms with Gasteiger partial charge in [0.2, 0.25) is 4.80 Å². The van der Waals surface area contributed by atoms with Gasteiger partial charge in [-0.1, -0.05) is 12.1 Å². The van der Waals surface area contributed by atoms with Gasteiger partial charge >= 0.3 is 0 Å². The number of aromatic nitrogens is 1. The first-order chi connectivity index (χ1) is 14.2. The summed E-state index contributed by atoms with van der Waals surface area (Å²) in [4.78, 5) is 5.47. The van der Waals surface area contributed by atoms with Crippen LogP contribution in [0.1, 0.15) is 24.0 Å². The van der Waals surface area contributed by atoms with Crippen molar-refractivity contribution in [2.24, 2.45) is 10.1 Å². The zero-order valence-electron chi connectivity index (χ0n) is 15.7. The summed E-state index contributed by atoms with van der Waals surface area (Å²) in [7, 11) is 0. The van der Waals surface area contributed by atoms with Crippen LogP contribution in [0.5, 0.6) is 0 Å². The molecule has 0 bridgehead atoms. The Balaban J connectivity index is 1.69. The molecule has 1 saturated heterocycles. The van der Waals surface area contributed by atoms with Crippen molar-refractivity contribution in [1.29, 1.82) is 5.26 Å². The van der Waals surface area contributed by atoms with Crippen LogP contribution < -0.4 is 4.80 Å². The molecule has 4 rings (SSSR count). The number of rotatable bonds is 5. The minimum absolute atomic E-state index is 0.155. The molecule has 2 heterocycles. The van der Waals surface area contributed by atoms with Crippen molar-refractivity contribution >= 4 is 17.6 Å². The third kappa shape index (κ3) is 4.67. The molecule has 146 valence electrons. The molecule has 0 aliphatic carbocycles. The van der Waals surface area contributed by atoms with Crippen LogP contribution in [0.2, 0.25) is 0 Å².